The maximum atomic E-state index is 13.3. The number of ketones is 1. The molecule has 0 aromatic carbocycles. The molecule has 0 radical (unpaired) electrons. The van der Waals surface area contributed by atoms with Crippen LogP contribution in [0.2, 0.25) is 18.1 Å². The van der Waals surface area contributed by atoms with E-state index in [2.05, 4.69) is 69.2 Å². The molecule has 3 aromatic rings. The molecule has 4 heterocycles. The Morgan fingerprint density at radius 3 is 2.49 bits per heavy atom. The average Bonchev–Trinajstić information content (AvgIpc) is 3.24. The Hall–Kier alpha value is -2.77. The molecule has 198 valence electrons. The zero-order valence-electron chi connectivity index (χ0n) is 23.6. The molecule has 3 aromatic heterocycles. The SMILES string of the molecule is C=C(C)c1coc2ccc(C(=O)Cc3cnccc3N3C[C@@H](C)C(O[Si](C)(C)C(C)(C)C)[C@@H](C)C3)nc12. The lowest BCUT2D eigenvalue weighted by molar-refractivity contribution is 0.0627. The summed E-state index contributed by atoms with van der Waals surface area (Å²) in [5, 5.41) is 0.181. The van der Waals surface area contributed by atoms with Crippen LogP contribution < -0.4 is 4.90 Å². The third-order valence-electron chi connectivity index (χ3n) is 8.11. The van der Waals surface area contributed by atoms with Crippen molar-refractivity contribution in [2.24, 2.45) is 11.8 Å². The molecule has 1 unspecified atom stereocenters. The van der Waals surface area contributed by atoms with E-state index < -0.39 is 8.32 Å². The van der Waals surface area contributed by atoms with Crippen molar-refractivity contribution in [2.75, 3.05) is 18.0 Å². The molecule has 0 amide bonds. The molecule has 1 fully saturated rings. The molecule has 0 spiro atoms. The molecule has 37 heavy (non-hydrogen) atoms. The van der Waals surface area contributed by atoms with Crippen LogP contribution in [0.4, 0.5) is 5.69 Å². The Morgan fingerprint density at radius 2 is 1.86 bits per heavy atom. The minimum atomic E-state index is -1.87. The molecule has 6 nitrogen and oxygen atoms in total. The molecule has 0 bridgehead atoms. The molecule has 0 saturated carbocycles. The van der Waals surface area contributed by atoms with Crippen LogP contribution in [0.15, 0.2) is 47.9 Å². The summed E-state index contributed by atoms with van der Waals surface area (Å²) in [6.07, 6.45) is 5.75. The summed E-state index contributed by atoms with van der Waals surface area (Å²) in [7, 11) is -1.87. The van der Waals surface area contributed by atoms with E-state index in [1.807, 2.05) is 31.5 Å². The third-order valence-corrected chi connectivity index (χ3v) is 12.6. The van der Waals surface area contributed by atoms with Crippen molar-refractivity contribution in [3.8, 4) is 0 Å². The Bertz CT molecular complexity index is 1290. The van der Waals surface area contributed by atoms with Gasteiger partial charge in [-0.15, -0.1) is 0 Å². The number of hydrogen-bond donors (Lipinski definition) is 0. The lowest BCUT2D eigenvalue weighted by Gasteiger charge is -2.48. The molecule has 1 aliphatic rings. The van der Waals surface area contributed by atoms with E-state index in [1.165, 1.54) is 0 Å². The lowest BCUT2D eigenvalue weighted by atomic mass is 9.87. The number of aromatic nitrogens is 2. The largest absolute Gasteiger partial charge is 0.462 e. The summed E-state index contributed by atoms with van der Waals surface area (Å²) in [5.41, 5.74) is 5.43. The van der Waals surface area contributed by atoms with E-state index in [0.717, 1.165) is 35.5 Å². The van der Waals surface area contributed by atoms with Gasteiger partial charge < -0.3 is 13.7 Å². The van der Waals surface area contributed by atoms with Gasteiger partial charge in [0.05, 0.1) is 6.10 Å². The first-order valence-corrected chi connectivity index (χ1v) is 16.1. The number of fused-ring (bicyclic) bond motifs is 1. The van der Waals surface area contributed by atoms with Crippen LogP contribution in [0.5, 0.6) is 0 Å². The molecule has 1 aliphatic heterocycles. The molecular weight excluding hydrogens is 478 g/mol. The highest BCUT2D eigenvalue weighted by atomic mass is 28.4. The van der Waals surface area contributed by atoms with Crippen LogP contribution in [-0.4, -0.2) is 43.3 Å². The van der Waals surface area contributed by atoms with Crippen LogP contribution in [0.3, 0.4) is 0 Å². The number of anilines is 1. The second-order valence-electron chi connectivity index (χ2n) is 12.3. The number of allylic oxidation sites excluding steroid dienone is 1. The minimum absolute atomic E-state index is 0.0396. The quantitative estimate of drug-likeness (QED) is 0.244. The number of hydrogen-bond acceptors (Lipinski definition) is 6. The topological polar surface area (TPSA) is 68.5 Å². The smallest absolute Gasteiger partial charge is 0.192 e. The predicted octanol–water partition coefficient (Wildman–Crippen LogP) is 7.16. The number of rotatable bonds is 7. The van der Waals surface area contributed by atoms with Crippen LogP contribution in [0, 0.1) is 11.8 Å². The van der Waals surface area contributed by atoms with Gasteiger partial charge in [-0.05, 0) is 60.7 Å². The molecule has 0 N–H and O–H groups in total. The maximum absolute atomic E-state index is 13.3. The molecule has 0 aliphatic carbocycles. The first-order chi connectivity index (χ1) is 17.3. The summed E-state index contributed by atoms with van der Waals surface area (Å²) in [6.45, 7) is 23.8. The van der Waals surface area contributed by atoms with Crippen molar-refractivity contribution in [3.63, 3.8) is 0 Å². The third kappa shape index (κ3) is 5.58. The monoisotopic (exact) mass is 519 g/mol. The average molecular weight is 520 g/mol. The van der Waals surface area contributed by atoms with Gasteiger partial charge in [0.2, 0.25) is 0 Å². The van der Waals surface area contributed by atoms with Crippen LogP contribution in [0.1, 0.15) is 63.2 Å². The Balaban J connectivity index is 1.53. The summed E-state index contributed by atoms with van der Waals surface area (Å²) in [6, 6.07) is 5.58. The second-order valence-corrected chi connectivity index (χ2v) is 17.0. The first kappa shape index (κ1) is 27.3. The summed E-state index contributed by atoms with van der Waals surface area (Å²) in [5.74, 6) is 0.711. The van der Waals surface area contributed by atoms with Gasteiger partial charge in [-0.2, -0.15) is 0 Å². The Labute approximate surface area is 222 Å². The molecule has 7 heteroatoms. The zero-order valence-corrected chi connectivity index (χ0v) is 24.6. The molecule has 4 rings (SSSR count). The van der Waals surface area contributed by atoms with E-state index in [1.54, 1.807) is 12.3 Å². The zero-order chi connectivity index (χ0) is 27.1. The van der Waals surface area contributed by atoms with Crippen molar-refractivity contribution < 1.29 is 13.6 Å². The van der Waals surface area contributed by atoms with Crippen LogP contribution in [0.25, 0.3) is 16.7 Å². The van der Waals surface area contributed by atoms with Gasteiger partial charge >= 0.3 is 0 Å². The van der Waals surface area contributed by atoms with Crippen LogP contribution >= 0.6 is 0 Å². The predicted molar refractivity (Wildman–Crippen MR) is 154 cm³/mol. The Morgan fingerprint density at radius 1 is 1.19 bits per heavy atom. The van der Waals surface area contributed by atoms with Crippen molar-refractivity contribution in [1.82, 2.24) is 9.97 Å². The highest BCUT2D eigenvalue weighted by Gasteiger charge is 2.43. The van der Waals surface area contributed by atoms with E-state index in [0.29, 0.717) is 28.6 Å². The van der Waals surface area contributed by atoms with Gasteiger partial charge in [0.15, 0.2) is 19.7 Å². The van der Waals surface area contributed by atoms with Gasteiger partial charge in [0.1, 0.15) is 17.5 Å². The first-order valence-electron chi connectivity index (χ1n) is 13.2. The van der Waals surface area contributed by atoms with Crippen molar-refractivity contribution in [3.05, 3.63) is 60.3 Å². The number of furan rings is 1. The van der Waals surface area contributed by atoms with E-state index >= 15 is 0 Å². The fraction of sp³-hybridized carbons (Fsp3) is 0.500. The molecular formula is C30H41N3O3Si. The normalized spacial score (nSPS) is 20.9. The number of piperidine rings is 1. The minimum Gasteiger partial charge on any atom is -0.462 e. The van der Waals surface area contributed by atoms with Gasteiger partial charge in [-0.3, -0.25) is 9.78 Å². The standard InChI is InChI=1S/C30H41N3O3Si/c1-19(2)23-18-35-27-11-10-24(32-28(23)27)26(34)14-22-15-31-13-12-25(22)33-16-20(3)29(21(4)17-33)36-37(8,9)30(5,6)7/h10-13,15,18,20-21,29H,1,14,16-17H2,2-9H3/t20-,21+,29?. The molecule has 3 atom stereocenters. The van der Waals surface area contributed by atoms with E-state index in [-0.39, 0.29) is 23.3 Å². The van der Waals surface area contributed by atoms with Gasteiger partial charge in [0, 0.05) is 48.7 Å². The number of pyridine rings is 2. The second kappa shape index (κ2) is 10.2. The van der Waals surface area contributed by atoms with Crippen molar-refractivity contribution in [2.45, 2.75) is 72.2 Å². The number of carbonyl (C=O) groups excluding carboxylic acids is 1. The molecule has 1 saturated heterocycles. The number of carbonyl (C=O) groups is 1. The van der Waals surface area contributed by atoms with E-state index in [9.17, 15) is 4.79 Å². The fourth-order valence-electron chi connectivity index (χ4n) is 4.98. The summed E-state index contributed by atoms with van der Waals surface area (Å²) >= 11 is 0. The summed E-state index contributed by atoms with van der Waals surface area (Å²) in [4.78, 5) is 24.7. The Kier molecular flexibility index (Phi) is 7.50. The van der Waals surface area contributed by atoms with Gasteiger partial charge in [-0.1, -0.05) is 41.2 Å². The highest BCUT2D eigenvalue weighted by molar-refractivity contribution is 6.74. The van der Waals surface area contributed by atoms with Gasteiger partial charge in [-0.25, -0.2) is 4.98 Å². The summed E-state index contributed by atoms with van der Waals surface area (Å²) < 4.78 is 12.5. The highest BCUT2D eigenvalue weighted by Crippen LogP contribution is 2.41. The maximum Gasteiger partial charge on any atom is 0.192 e. The van der Waals surface area contributed by atoms with E-state index in [4.69, 9.17) is 8.84 Å². The van der Waals surface area contributed by atoms with Crippen LogP contribution in [-0.2, 0) is 10.8 Å². The lowest BCUT2D eigenvalue weighted by Crippen LogP contribution is -2.54. The fourth-order valence-corrected chi connectivity index (χ4v) is 6.48. The van der Waals surface area contributed by atoms with Gasteiger partial charge in [0.25, 0.3) is 0 Å². The van der Waals surface area contributed by atoms with Crippen molar-refractivity contribution in [1.29, 1.82) is 0 Å². The van der Waals surface area contributed by atoms with Crippen molar-refractivity contribution >= 4 is 36.5 Å². The number of Topliss-reactive ketones (excluding diaryl/α,β-unsaturated/α-hetero) is 1. The number of nitrogens with zero attached hydrogens (tertiary/aromatic N) is 3.